The van der Waals surface area contributed by atoms with Crippen molar-refractivity contribution in [2.75, 3.05) is 7.11 Å². The summed E-state index contributed by atoms with van der Waals surface area (Å²) in [5.41, 5.74) is 2.55. The molecule has 0 fully saturated rings. The second-order valence-corrected chi connectivity index (χ2v) is 5.29. The first-order valence-corrected chi connectivity index (χ1v) is 7.15. The summed E-state index contributed by atoms with van der Waals surface area (Å²) in [4.78, 5) is 1.11. The molecule has 0 aromatic heterocycles. The molecule has 0 unspecified atom stereocenters. The molecule has 20 heavy (non-hydrogen) atoms. The first-order valence-electron chi connectivity index (χ1n) is 6.16. The monoisotopic (exact) mass is 285 g/mol. The van der Waals surface area contributed by atoms with Gasteiger partial charge in [0.1, 0.15) is 11.8 Å². The second-order valence-electron chi connectivity index (χ2n) is 4.24. The molecule has 0 radical (unpaired) electrons. The largest absolute Gasteiger partial charge is 0.495 e. The van der Waals surface area contributed by atoms with Crippen molar-refractivity contribution in [2.45, 2.75) is 17.3 Å². The highest BCUT2D eigenvalue weighted by molar-refractivity contribution is 7.98. The molecule has 102 valence electrons. The van der Waals surface area contributed by atoms with Crippen LogP contribution in [0.25, 0.3) is 0 Å². The average molecular weight is 285 g/mol. The molecule has 0 atom stereocenters. The van der Waals surface area contributed by atoms with Gasteiger partial charge in [0.05, 0.1) is 19.3 Å². The van der Waals surface area contributed by atoms with Gasteiger partial charge in [0.2, 0.25) is 0 Å². The molecule has 0 heterocycles. The molecule has 0 aliphatic heterocycles. The molecule has 0 saturated heterocycles. The van der Waals surface area contributed by atoms with Gasteiger partial charge in [0.25, 0.3) is 0 Å². The quantitative estimate of drug-likeness (QED) is 0.856. The minimum Gasteiger partial charge on any atom is -0.495 e. The Morgan fingerprint density at radius 3 is 2.75 bits per heavy atom. The Morgan fingerprint density at radius 2 is 2.05 bits per heavy atom. The van der Waals surface area contributed by atoms with E-state index >= 15 is 0 Å². The number of aliphatic hydroxyl groups is 1. The molecule has 0 spiro atoms. The number of ether oxygens (including phenoxy) is 1. The Hall–Kier alpha value is -1.96. The van der Waals surface area contributed by atoms with Crippen LogP contribution in [0.2, 0.25) is 0 Å². The fraction of sp³-hybridized carbons (Fsp3) is 0.188. The third kappa shape index (κ3) is 3.53. The number of thioether (sulfide) groups is 1. The summed E-state index contributed by atoms with van der Waals surface area (Å²) < 4.78 is 5.20. The van der Waals surface area contributed by atoms with E-state index in [4.69, 9.17) is 15.1 Å². The fourth-order valence-corrected chi connectivity index (χ4v) is 2.74. The molecule has 0 amide bonds. The topological polar surface area (TPSA) is 53.2 Å². The number of methoxy groups -OCH3 is 1. The minimum absolute atomic E-state index is 0.0547. The summed E-state index contributed by atoms with van der Waals surface area (Å²) >= 11 is 1.69. The van der Waals surface area contributed by atoms with E-state index in [1.807, 2.05) is 36.4 Å². The molecule has 0 saturated carbocycles. The van der Waals surface area contributed by atoms with Crippen LogP contribution in [-0.2, 0) is 12.4 Å². The van der Waals surface area contributed by atoms with Crippen LogP contribution < -0.4 is 4.74 Å². The summed E-state index contributed by atoms with van der Waals surface area (Å²) in [7, 11) is 1.57. The van der Waals surface area contributed by atoms with Crippen molar-refractivity contribution in [1.82, 2.24) is 0 Å². The van der Waals surface area contributed by atoms with Gasteiger partial charge in [-0.2, -0.15) is 5.26 Å². The molecule has 0 aliphatic rings. The number of hydrogen-bond donors (Lipinski definition) is 1. The SMILES string of the molecule is COc1cc(CSc2cccc(CO)c2)ccc1C#N. The maximum Gasteiger partial charge on any atom is 0.136 e. The van der Waals surface area contributed by atoms with Gasteiger partial charge < -0.3 is 9.84 Å². The van der Waals surface area contributed by atoms with Crippen molar-refractivity contribution < 1.29 is 9.84 Å². The maximum atomic E-state index is 9.12. The van der Waals surface area contributed by atoms with Crippen LogP contribution in [0.15, 0.2) is 47.4 Å². The van der Waals surface area contributed by atoms with Gasteiger partial charge >= 0.3 is 0 Å². The molecule has 4 heteroatoms. The molecule has 2 aromatic carbocycles. The number of benzene rings is 2. The molecule has 0 bridgehead atoms. The van der Waals surface area contributed by atoms with Gasteiger partial charge in [-0.15, -0.1) is 11.8 Å². The van der Waals surface area contributed by atoms with E-state index in [-0.39, 0.29) is 6.61 Å². The van der Waals surface area contributed by atoms with E-state index in [1.54, 1.807) is 24.9 Å². The Kier molecular flexibility index (Phi) is 5.05. The zero-order valence-corrected chi connectivity index (χ0v) is 12.0. The average Bonchev–Trinajstić information content (AvgIpc) is 2.52. The van der Waals surface area contributed by atoms with E-state index in [0.29, 0.717) is 11.3 Å². The second kappa shape index (κ2) is 6.99. The molecule has 1 N–H and O–H groups in total. The van der Waals surface area contributed by atoms with Gasteiger partial charge in [0, 0.05) is 10.6 Å². The van der Waals surface area contributed by atoms with E-state index in [2.05, 4.69) is 6.07 Å². The Morgan fingerprint density at radius 1 is 1.20 bits per heavy atom. The number of aliphatic hydroxyl groups excluding tert-OH is 1. The van der Waals surface area contributed by atoms with Crippen molar-refractivity contribution in [3.8, 4) is 11.8 Å². The highest BCUT2D eigenvalue weighted by Gasteiger charge is 2.04. The van der Waals surface area contributed by atoms with Crippen molar-refractivity contribution >= 4 is 11.8 Å². The lowest BCUT2D eigenvalue weighted by Gasteiger charge is -2.07. The predicted octanol–water partition coefficient (Wildman–Crippen LogP) is 3.35. The van der Waals surface area contributed by atoms with Crippen molar-refractivity contribution in [3.05, 3.63) is 59.2 Å². The lowest BCUT2D eigenvalue weighted by Crippen LogP contribution is -1.90. The summed E-state index contributed by atoms with van der Waals surface area (Å²) in [5, 5.41) is 18.1. The smallest absolute Gasteiger partial charge is 0.136 e. The highest BCUT2D eigenvalue weighted by Crippen LogP contribution is 2.26. The van der Waals surface area contributed by atoms with Crippen molar-refractivity contribution in [3.63, 3.8) is 0 Å². The summed E-state index contributed by atoms with van der Waals surface area (Å²) in [6.45, 7) is 0.0547. The van der Waals surface area contributed by atoms with Gasteiger partial charge in [-0.05, 0) is 35.4 Å². The molecular weight excluding hydrogens is 270 g/mol. The minimum atomic E-state index is 0.0547. The molecule has 0 aliphatic carbocycles. The van der Waals surface area contributed by atoms with Crippen LogP contribution in [0.1, 0.15) is 16.7 Å². The first-order chi connectivity index (χ1) is 9.76. The number of nitrogens with zero attached hydrogens (tertiary/aromatic N) is 1. The summed E-state index contributed by atoms with van der Waals surface area (Å²) in [6, 6.07) is 15.5. The zero-order valence-electron chi connectivity index (χ0n) is 11.2. The van der Waals surface area contributed by atoms with Crippen LogP contribution in [0.5, 0.6) is 5.75 Å². The summed E-state index contributed by atoms with van der Waals surface area (Å²) in [5.74, 6) is 1.39. The third-order valence-corrected chi connectivity index (χ3v) is 3.94. The molecule has 2 rings (SSSR count). The summed E-state index contributed by atoms with van der Waals surface area (Å²) in [6.07, 6.45) is 0. The lowest BCUT2D eigenvalue weighted by molar-refractivity contribution is 0.281. The Bertz CT molecular complexity index is 635. The van der Waals surface area contributed by atoms with Crippen LogP contribution >= 0.6 is 11.8 Å². The van der Waals surface area contributed by atoms with Gasteiger partial charge in [-0.1, -0.05) is 18.2 Å². The third-order valence-electron chi connectivity index (χ3n) is 2.87. The van der Waals surface area contributed by atoms with Gasteiger partial charge in [-0.25, -0.2) is 0 Å². The van der Waals surface area contributed by atoms with Gasteiger partial charge in [0.15, 0.2) is 0 Å². The van der Waals surface area contributed by atoms with E-state index in [0.717, 1.165) is 21.8 Å². The van der Waals surface area contributed by atoms with E-state index in [9.17, 15) is 0 Å². The molecule has 2 aromatic rings. The van der Waals surface area contributed by atoms with Crippen molar-refractivity contribution in [2.24, 2.45) is 0 Å². The van der Waals surface area contributed by atoms with E-state index < -0.39 is 0 Å². The van der Waals surface area contributed by atoms with Crippen LogP contribution in [0.4, 0.5) is 0 Å². The van der Waals surface area contributed by atoms with Crippen molar-refractivity contribution in [1.29, 1.82) is 5.26 Å². The Balaban J connectivity index is 2.09. The fourth-order valence-electron chi connectivity index (χ4n) is 1.82. The highest BCUT2D eigenvalue weighted by atomic mass is 32.2. The number of rotatable bonds is 5. The maximum absolute atomic E-state index is 9.12. The number of nitriles is 1. The molecule has 3 nitrogen and oxygen atoms in total. The van der Waals surface area contributed by atoms with E-state index in [1.165, 1.54) is 0 Å². The van der Waals surface area contributed by atoms with Crippen LogP contribution in [0, 0.1) is 11.3 Å². The van der Waals surface area contributed by atoms with Crippen LogP contribution in [0.3, 0.4) is 0 Å². The number of hydrogen-bond acceptors (Lipinski definition) is 4. The first kappa shape index (κ1) is 14.4. The standard InChI is InChI=1S/C16H15NO2S/c1-19-16-8-13(5-6-14(16)9-17)11-20-15-4-2-3-12(7-15)10-18/h2-8,18H,10-11H2,1H3. The Labute approximate surface area is 122 Å². The van der Waals surface area contributed by atoms with Gasteiger partial charge in [-0.3, -0.25) is 0 Å². The normalized spacial score (nSPS) is 10.1. The zero-order chi connectivity index (χ0) is 14.4. The van der Waals surface area contributed by atoms with Crippen LogP contribution in [-0.4, -0.2) is 12.2 Å². The lowest BCUT2D eigenvalue weighted by atomic mass is 10.1. The molecular formula is C16H15NO2S. The predicted molar refractivity (Wildman–Crippen MR) is 79.6 cm³/mol.